The Labute approximate surface area is 119 Å². The van der Waals surface area contributed by atoms with Crippen molar-refractivity contribution in [3.8, 4) is 0 Å². The number of hydrogen-bond acceptors (Lipinski definition) is 4. The van der Waals surface area contributed by atoms with Crippen LogP contribution in [0.4, 0.5) is 0 Å². The molecule has 0 bridgehead atoms. The third kappa shape index (κ3) is 2.67. The summed E-state index contributed by atoms with van der Waals surface area (Å²) in [6, 6.07) is 2.19. The minimum Gasteiger partial charge on any atom is -0.374 e. The number of pyridine rings is 1. The number of nitrogens with zero attached hydrogens (tertiary/aromatic N) is 1. The Morgan fingerprint density at radius 3 is 3.21 bits per heavy atom. The van der Waals surface area contributed by atoms with E-state index in [0.29, 0.717) is 5.92 Å². The van der Waals surface area contributed by atoms with Crippen molar-refractivity contribution in [1.29, 1.82) is 0 Å². The van der Waals surface area contributed by atoms with Gasteiger partial charge < -0.3 is 10.5 Å². The number of ether oxygens (including phenoxy) is 1. The van der Waals surface area contributed by atoms with Crippen LogP contribution in [-0.4, -0.2) is 28.7 Å². The van der Waals surface area contributed by atoms with E-state index >= 15 is 0 Å². The fraction of sp³-hybridized carbons (Fsp3) is 0.667. The summed E-state index contributed by atoms with van der Waals surface area (Å²) in [5, 5.41) is 0. The summed E-state index contributed by atoms with van der Waals surface area (Å²) in [7, 11) is 0. The van der Waals surface area contributed by atoms with Gasteiger partial charge in [0.1, 0.15) is 0 Å². The summed E-state index contributed by atoms with van der Waals surface area (Å²) < 4.78 is 6.08. The number of aryl methyl sites for hydroxylation is 1. The van der Waals surface area contributed by atoms with E-state index in [4.69, 9.17) is 10.5 Å². The Morgan fingerprint density at radius 1 is 1.58 bits per heavy atom. The summed E-state index contributed by atoms with van der Waals surface area (Å²) in [4.78, 5) is 4.16. The molecule has 3 unspecified atom stereocenters. The molecular formula is C15H22N2OS. The highest BCUT2D eigenvalue weighted by atomic mass is 32.2. The van der Waals surface area contributed by atoms with Crippen molar-refractivity contribution in [2.24, 2.45) is 11.7 Å². The van der Waals surface area contributed by atoms with Gasteiger partial charge in [0.15, 0.2) is 0 Å². The third-order valence-corrected chi connectivity index (χ3v) is 5.75. The molecule has 1 aromatic rings. The van der Waals surface area contributed by atoms with Crippen molar-refractivity contribution < 1.29 is 4.74 Å². The first-order chi connectivity index (χ1) is 9.20. The van der Waals surface area contributed by atoms with Crippen molar-refractivity contribution in [2.75, 3.05) is 18.1 Å². The van der Waals surface area contributed by atoms with E-state index in [9.17, 15) is 0 Å². The molecule has 3 atom stereocenters. The lowest BCUT2D eigenvalue weighted by Gasteiger charge is -2.40. The molecule has 0 aliphatic carbocycles. The Balaban J connectivity index is 1.76. The van der Waals surface area contributed by atoms with Crippen LogP contribution >= 0.6 is 11.8 Å². The summed E-state index contributed by atoms with van der Waals surface area (Å²) in [5.74, 6) is 2.91. The standard InChI is InChI=1S/C15H22N2OS/c1-11-9-17-5-2-13(11)14(16)12-3-6-18-15(8-12)4-7-19-10-15/h2,5,9,12,14H,3-4,6-8,10,16H2,1H3. The second-order valence-corrected chi connectivity index (χ2v) is 6.95. The number of nitrogens with two attached hydrogens (primary N) is 1. The van der Waals surface area contributed by atoms with E-state index in [0.717, 1.165) is 25.2 Å². The van der Waals surface area contributed by atoms with Crippen LogP contribution in [0.5, 0.6) is 0 Å². The van der Waals surface area contributed by atoms with E-state index in [1.165, 1.54) is 23.3 Å². The monoisotopic (exact) mass is 278 g/mol. The predicted molar refractivity (Wildman–Crippen MR) is 79.3 cm³/mol. The average Bonchev–Trinajstić information content (AvgIpc) is 2.86. The molecular weight excluding hydrogens is 256 g/mol. The highest BCUT2D eigenvalue weighted by Crippen LogP contribution is 2.43. The quantitative estimate of drug-likeness (QED) is 0.903. The number of rotatable bonds is 2. The number of thioether (sulfide) groups is 1. The third-order valence-electron chi connectivity index (χ3n) is 4.53. The molecule has 0 radical (unpaired) electrons. The first-order valence-corrected chi connectivity index (χ1v) is 8.23. The van der Waals surface area contributed by atoms with Crippen LogP contribution in [0.25, 0.3) is 0 Å². The smallest absolute Gasteiger partial charge is 0.0783 e. The highest BCUT2D eigenvalue weighted by Gasteiger charge is 2.42. The molecule has 2 aliphatic heterocycles. The van der Waals surface area contributed by atoms with Gasteiger partial charge in [-0.2, -0.15) is 11.8 Å². The van der Waals surface area contributed by atoms with Gasteiger partial charge >= 0.3 is 0 Å². The molecule has 3 rings (SSSR count). The summed E-state index contributed by atoms with van der Waals surface area (Å²) in [6.07, 6.45) is 7.15. The minimum absolute atomic E-state index is 0.117. The Hall–Kier alpha value is -0.580. The molecule has 3 heterocycles. The maximum absolute atomic E-state index is 6.53. The van der Waals surface area contributed by atoms with Crippen molar-refractivity contribution in [3.63, 3.8) is 0 Å². The van der Waals surface area contributed by atoms with Gasteiger partial charge in [0, 0.05) is 30.8 Å². The summed E-state index contributed by atoms with van der Waals surface area (Å²) >= 11 is 2.02. The Kier molecular flexibility index (Phi) is 3.83. The molecule has 1 aromatic heterocycles. The van der Waals surface area contributed by atoms with E-state index in [-0.39, 0.29) is 11.6 Å². The molecule has 104 valence electrons. The van der Waals surface area contributed by atoms with Crippen LogP contribution in [-0.2, 0) is 4.74 Å². The highest BCUT2D eigenvalue weighted by molar-refractivity contribution is 7.99. The van der Waals surface area contributed by atoms with Gasteiger partial charge in [0.2, 0.25) is 0 Å². The zero-order valence-corrected chi connectivity index (χ0v) is 12.3. The van der Waals surface area contributed by atoms with E-state index in [2.05, 4.69) is 18.0 Å². The average molecular weight is 278 g/mol. The van der Waals surface area contributed by atoms with Crippen molar-refractivity contribution >= 4 is 11.8 Å². The topological polar surface area (TPSA) is 48.1 Å². The van der Waals surface area contributed by atoms with Crippen molar-refractivity contribution in [1.82, 2.24) is 4.98 Å². The zero-order chi connectivity index (χ0) is 13.3. The van der Waals surface area contributed by atoms with Gasteiger partial charge in [-0.1, -0.05) is 0 Å². The normalized spacial score (nSPS) is 32.6. The fourth-order valence-corrected chi connectivity index (χ4v) is 4.73. The minimum atomic E-state index is 0.117. The molecule has 2 fully saturated rings. The molecule has 19 heavy (non-hydrogen) atoms. The van der Waals surface area contributed by atoms with Crippen LogP contribution in [0.1, 0.15) is 36.4 Å². The summed E-state index contributed by atoms with van der Waals surface area (Å²) in [5.41, 5.74) is 9.11. The SMILES string of the molecule is Cc1cnccc1C(N)C1CCOC2(CCSC2)C1. The van der Waals surface area contributed by atoms with Gasteiger partial charge in [0.25, 0.3) is 0 Å². The van der Waals surface area contributed by atoms with Crippen LogP contribution in [0.3, 0.4) is 0 Å². The lowest BCUT2D eigenvalue weighted by atomic mass is 9.79. The molecule has 0 amide bonds. The van der Waals surface area contributed by atoms with Gasteiger partial charge in [-0.25, -0.2) is 0 Å². The first-order valence-electron chi connectivity index (χ1n) is 7.08. The maximum atomic E-state index is 6.53. The molecule has 1 spiro atoms. The van der Waals surface area contributed by atoms with Crippen LogP contribution in [0.2, 0.25) is 0 Å². The second-order valence-electron chi connectivity index (χ2n) is 5.84. The van der Waals surface area contributed by atoms with Crippen LogP contribution < -0.4 is 5.73 Å². The second kappa shape index (κ2) is 5.43. The van der Waals surface area contributed by atoms with Gasteiger partial charge in [0.05, 0.1) is 5.60 Å². The number of aromatic nitrogens is 1. The zero-order valence-electron chi connectivity index (χ0n) is 11.5. The Bertz CT molecular complexity index is 446. The largest absolute Gasteiger partial charge is 0.374 e. The van der Waals surface area contributed by atoms with E-state index in [1.807, 2.05) is 24.2 Å². The van der Waals surface area contributed by atoms with Gasteiger partial charge in [-0.3, -0.25) is 4.98 Å². The molecule has 0 aromatic carbocycles. The summed E-state index contributed by atoms with van der Waals surface area (Å²) in [6.45, 7) is 2.96. The fourth-order valence-electron chi connectivity index (χ4n) is 3.35. The van der Waals surface area contributed by atoms with Crippen LogP contribution in [0, 0.1) is 12.8 Å². The van der Waals surface area contributed by atoms with E-state index in [1.54, 1.807) is 0 Å². The predicted octanol–water partition coefficient (Wildman–Crippen LogP) is 2.69. The van der Waals surface area contributed by atoms with E-state index < -0.39 is 0 Å². The first kappa shape index (κ1) is 13.4. The van der Waals surface area contributed by atoms with Crippen LogP contribution in [0.15, 0.2) is 18.5 Å². The van der Waals surface area contributed by atoms with Gasteiger partial charge in [-0.05, 0) is 55.1 Å². The van der Waals surface area contributed by atoms with Crippen molar-refractivity contribution in [3.05, 3.63) is 29.6 Å². The molecule has 2 N–H and O–H groups in total. The molecule has 0 saturated carbocycles. The lowest BCUT2D eigenvalue weighted by Crippen LogP contribution is -2.42. The maximum Gasteiger partial charge on any atom is 0.0783 e. The number of hydrogen-bond donors (Lipinski definition) is 1. The van der Waals surface area contributed by atoms with Crippen molar-refractivity contribution in [2.45, 2.75) is 37.8 Å². The van der Waals surface area contributed by atoms with Gasteiger partial charge in [-0.15, -0.1) is 0 Å². The molecule has 2 saturated heterocycles. The molecule has 3 nitrogen and oxygen atoms in total. The Morgan fingerprint density at radius 2 is 2.47 bits per heavy atom. The molecule has 4 heteroatoms. The molecule has 2 aliphatic rings. The lowest BCUT2D eigenvalue weighted by molar-refractivity contribution is -0.0834.